The third-order valence-corrected chi connectivity index (χ3v) is 6.98. The highest BCUT2D eigenvalue weighted by Crippen LogP contribution is 2.22. The van der Waals surface area contributed by atoms with E-state index in [4.69, 9.17) is 9.15 Å². The normalized spacial score (nSPS) is 15.3. The molecule has 8 nitrogen and oxygen atoms in total. The maximum absolute atomic E-state index is 12.6. The number of carbonyl (C=O) groups is 2. The van der Waals surface area contributed by atoms with Crippen LogP contribution in [-0.2, 0) is 19.6 Å². The van der Waals surface area contributed by atoms with Crippen LogP contribution in [0.5, 0.6) is 0 Å². The predicted molar refractivity (Wildman–Crippen MR) is 105 cm³/mol. The number of aryl methyl sites for hydroxylation is 2. The van der Waals surface area contributed by atoms with Crippen molar-refractivity contribution in [3.05, 3.63) is 53.0 Å². The lowest BCUT2D eigenvalue weighted by molar-refractivity contribution is -0.135. The van der Waals surface area contributed by atoms with Gasteiger partial charge < -0.3 is 14.1 Å². The smallest absolute Gasteiger partial charge is 0.342 e. The molecule has 1 amide bonds. The first-order chi connectivity index (χ1) is 13.7. The lowest BCUT2D eigenvalue weighted by Gasteiger charge is -2.33. The van der Waals surface area contributed by atoms with Crippen LogP contribution in [0.3, 0.4) is 0 Å². The van der Waals surface area contributed by atoms with Crippen LogP contribution in [0.1, 0.15) is 27.4 Å². The van der Waals surface area contributed by atoms with Gasteiger partial charge in [0.05, 0.1) is 4.90 Å². The molecule has 2 aromatic rings. The molecule has 29 heavy (non-hydrogen) atoms. The number of hydrogen-bond acceptors (Lipinski definition) is 6. The van der Waals surface area contributed by atoms with Crippen molar-refractivity contribution in [3.8, 4) is 0 Å². The number of rotatable bonds is 5. The molecule has 1 aliphatic heterocycles. The minimum Gasteiger partial charge on any atom is -0.465 e. The summed E-state index contributed by atoms with van der Waals surface area (Å²) < 4.78 is 37.2. The molecule has 0 aliphatic carbocycles. The Morgan fingerprint density at radius 3 is 2.17 bits per heavy atom. The first kappa shape index (κ1) is 21.1. The van der Waals surface area contributed by atoms with Crippen LogP contribution in [0.25, 0.3) is 0 Å². The minimum absolute atomic E-state index is 0.191. The number of ether oxygens (including phenoxy) is 1. The molecule has 1 aromatic carbocycles. The van der Waals surface area contributed by atoms with Gasteiger partial charge in [0.1, 0.15) is 17.1 Å². The summed E-state index contributed by atoms with van der Waals surface area (Å²) in [5, 5.41) is 0. The van der Waals surface area contributed by atoms with E-state index < -0.39 is 22.6 Å². The van der Waals surface area contributed by atoms with Crippen molar-refractivity contribution in [2.75, 3.05) is 32.8 Å². The Hall–Kier alpha value is -2.65. The van der Waals surface area contributed by atoms with E-state index in [1.54, 1.807) is 51.1 Å². The molecule has 1 aromatic heterocycles. The van der Waals surface area contributed by atoms with Gasteiger partial charge in [-0.05, 0) is 32.9 Å². The van der Waals surface area contributed by atoms with Crippen LogP contribution in [0, 0.1) is 20.8 Å². The first-order valence-electron chi connectivity index (χ1n) is 9.28. The van der Waals surface area contributed by atoms with E-state index in [-0.39, 0.29) is 37.0 Å². The minimum atomic E-state index is -3.58. The topological polar surface area (TPSA) is 97.1 Å². The van der Waals surface area contributed by atoms with Crippen LogP contribution < -0.4 is 0 Å². The van der Waals surface area contributed by atoms with Gasteiger partial charge in [0.15, 0.2) is 6.61 Å². The van der Waals surface area contributed by atoms with Crippen LogP contribution in [0.4, 0.5) is 0 Å². The molecule has 9 heteroatoms. The van der Waals surface area contributed by atoms with Gasteiger partial charge in [-0.1, -0.05) is 18.2 Å². The first-order valence-corrected chi connectivity index (χ1v) is 10.7. The third kappa shape index (κ3) is 4.35. The second kappa shape index (κ2) is 8.38. The molecular formula is C20H24N2O6S. The zero-order chi connectivity index (χ0) is 21.2. The van der Waals surface area contributed by atoms with Crippen LogP contribution >= 0.6 is 0 Å². The molecule has 1 saturated heterocycles. The lowest BCUT2D eigenvalue weighted by atomic mass is 10.1. The average Bonchev–Trinajstić information content (AvgIpc) is 2.98. The summed E-state index contributed by atoms with van der Waals surface area (Å²) >= 11 is 0. The Kier molecular flexibility index (Phi) is 6.09. The van der Waals surface area contributed by atoms with Crippen molar-refractivity contribution in [3.63, 3.8) is 0 Å². The van der Waals surface area contributed by atoms with Gasteiger partial charge in [0, 0.05) is 31.7 Å². The number of hydrogen-bond donors (Lipinski definition) is 0. The quantitative estimate of drug-likeness (QED) is 0.686. The number of benzene rings is 1. The van der Waals surface area contributed by atoms with Crippen LogP contribution in [-0.4, -0.2) is 62.3 Å². The van der Waals surface area contributed by atoms with Crippen molar-refractivity contribution in [1.82, 2.24) is 9.21 Å². The Morgan fingerprint density at radius 2 is 1.62 bits per heavy atom. The Labute approximate surface area is 170 Å². The van der Waals surface area contributed by atoms with E-state index >= 15 is 0 Å². The summed E-state index contributed by atoms with van der Waals surface area (Å²) in [4.78, 5) is 26.4. The zero-order valence-electron chi connectivity index (χ0n) is 16.7. The number of esters is 1. The van der Waals surface area contributed by atoms with Gasteiger partial charge in [-0.15, -0.1) is 0 Å². The molecule has 1 aliphatic rings. The molecule has 0 spiro atoms. The monoisotopic (exact) mass is 420 g/mol. The highest BCUT2D eigenvalue weighted by molar-refractivity contribution is 7.89. The molecule has 0 radical (unpaired) electrons. The SMILES string of the molecule is Cc1oc(C)c(C(=O)OCC(=O)N2CCN(S(=O)(=O)c3ccccc3)CC2)c1C. The highest BCUT2D eigenvalue weighted by atomic mass is 32.2. The molecular weight excluding hydrogens is 396 g/mol. The fourth-order valence-corrected chi connectivity index (χ4v) is 4.75. The largest absolute Gasteiger partial charge is 0.465 e. The summed E-state index contributed by atoms with van der Waals surface area (Å²) in [5.74, 6) is 0.134. The second-order valence-electron chi connectivity index (χ2n) is 6.89. The van der Waals surface area contributed by atoms with Gasteiger partial charge in [0.2, 0.25) is 10.0 Å². The zero-order valence-corrected chi connectivity index (χ0v) is 17.5. The van der Waals surface area contributed by atoms with E-state index in [1.807, 2.05) is 0 Å². The maximum atomic E-state index is 12.6. The molecule has 0 bridgehead atoms. The number of piperazine rings is 1. The van der Waals surface area contributed by atoms with Crippen molar-refractivity contribution in [1.29, 1.82) is 0 Å². The fraction of sp³-hybridized carbons (Fsp3) is 0.400. The van der Waals surface area contributed by atoms with E-state index in [1.165, 1.54) is 9.21 Å². The van der Waals surface area contributed by atoms with E-state index in [9.17, 15) is 18.0 Å². The lowest BCUT2D eigenvalue weighted by Crippen LogP contribution is -2.51. The molecule has 0 unspecified atom stereocenters. The molecule has 0 N–H and O–H groups in total. The Morgan fingerprint density at radius 1 is 1.00 bits per heavy atom. The van der Waals surface area contributed by atoms with Gasteiger partial charge in [-0.25, -0.2) is 13.2 Å². The van der Waals surface area contributed by atoms with Crippen molar-refractivity contribution in [2.45, 2.75) is 25.7 Å². The molecule has 156 valence electrons. The Bertz CT molecular complexity index is 1010. The third-order valence-electron chi connectivity index (χ3n) is 5.06. The summed E-state index contributed by atoms with van der Waals surface area (Å²) in [6.07, 6.45) is 0. The fourth-order valence-electron chi connectivity index (χ4n) is 3.30. The predicted octanol–water partition coefficient (Wildman–Crippen LogP) is 1.89. The summed E-state index contributed by atoms with van der Waals surface area (Å²) in [5.41, 5.74) is 1.04. The number of amides is 1. The van der Waals surface area contributed by atoms with Crippen molar-refractivity contribution < 1.29 is 27.2 Å². The molecule has 2 heterocycles. The molecule has 1 fully saturated rings. The maximum Gasteiger partial charge on any atom is 0.342 e. The number of sulfonamides is 1. The van der Waals surface area contributed by atoms with Crippen molar-refractivity contribution in [2.24, 2.45) is 0 Å². The van der Waals surface area contributed by atoms with Crippen LogP contribution in [0.15, 0.2) is 39.6 Å². The molecule has 0 saturated carbocycles. The summed E-state index contributed by atoms with van der Waals surface area (Å²) in [6.45, 7) is 5.66. The summed E-state index contributed by atoms with van der Waals surface area (Å²) in [7, 11) is -3.58. The van der Waals surface area contributed by atoms with E-state index in [0.29, 0.717) is 22.6 Å². The van der Waals surface area contributed by atoms with Gasteiger partial charge >= 0.3 is 5.97 Å². The number of carbonyl (C=O) groups excluding carboxylic acids is 2. The standard InChI is InChI=1S/C20H24N2O6S/c1-14-15(2)28-16(3)19(14)20(24)27-13-18(23)21-9-11-22(12-10-21)29(25,26)17-7-5-4-6-8-17/h4-8H,9-13H2,1-3H3. The second-order valence-corrected chi connectivity index (χ2v) is 8.83. The molecule has 0 atom stereocenters. The Balaban J connectivity index is 1.55. The van der Waals surface area contributed by atoms with E-state index in [2.05, 4.69) is 0 Å². The summed E-state index contributed by atoms with van der Waals surface area (Å²) in [6, 6.07) is 8.20. The highest BCUT2D eigenvalue weighted by Gasteiger charge is 2.30. The number of nitrogens with zero attached hydrogens (tertiary/aromatic N) is 2. The van der Waals surface area contributed by atoms with E-state index in [0.717, 1.165) is 0 Å². The van der Waals surface area contributed by atoms with Gasteiger partial charge in [-0.2, -0.15) is 4.31 Å². The molecule has 3 rings (SSSR count). The van der Waals surface area contributed by atoms with Crippen LogP contribution in [0.2, 0.25) is 0 Å². The van der Waals surface area contributed by atoms with Gasteiger partial charge in [-0.3, -0.25) is 4.79 Å². The number of furan rings is 1. The van der Waals surface area contributed by atoms with Crippen molar-refractivity contribution >= 4 is 21.9 Å². The van der Waals surface area contributed by atoms with Gasteiger partial charge in [0.25, 0.3) is 5.91 Å². The average molecular weight is 420 g/mol.